The Kier molecular flexibility index (Phi) is 41.5. The Morgan fingerprint density at radius 1 is 0.425 bits per heavy atom. The SMILES string of the molecule is CC(O)CO.CCCCCCCCCCCCCCCCCC(CCCCCCCCCCCCCCC)SO. The van der Waals surface area contributed by atoms with Crippen LogP contribution in [0.25, 0.3) is 0 Å². The average Bonchev–Trinajstić information content (AvgIpc) is 2.96. The Bertz CT molecular complexity index is 419. The predicted octanol–water partition coefficient (Wildman–Crippen LogP) is 12.7. The van der Waals surface area contributed by atoms with Crippen LogP contribution in [-0.2, 0) is 0 Å². The summed E-state index contributed by atoms with van der Waals surface area (Å²) < 4.78 is 9.65. The molecule has 3 nitrogen and oxygen atoms in total. The molecule has 0 amide bonds. The summed E-state index contributed by atoms with van der Waals surface area (Å²) in [5, 5.41) is 16.5. The molecule has 0 rings (SSSR count). The van der Waals surface area contributed by atoms with E-state index in [0.29, 0.717) is 5.25 Å². The number of hydrogen-bond donors (Lipinski definition) is 3. The van der Waals surface area contributed by atoms with Gasteiger partial charge < -0.3 is 14.8 Å². The molecule has 0 fully saturated rings. The zero-order valence-electron chi connectivity index (χ0n) is 27.8. The lowest BCUT2D eigenvalue weighted by Gasteiger charge is -2.12. The van der Waals surface area contributed by atoms with Gasteiger partial charge in [0.15, 0.2) is 0 Å². The van der Waals surface area contributed by atoms with E-state index in [4.69, 9.17) is 10.2 Å². The highest BCUT2D eigenvalue weighted by Crippen LogP contribution is 2.22. The first-order chi connectivity index (χ1) is 19.6. The molecular formula is C36H76O3S. The molecular weight excluding hydrogens is 512 g/mol. The van der Waals surface area contributed by atoms with Crippen LogP contribution in [0.2, 0.25) is 0 Å². The van der Waals surface area contributed by atoms with Gasteiger partial charge in [0.2, 0.25) is 0 Å². The van der Waals surface area contributed by atoms with Crippen molar-refractivity contribution >= 4 is 12.0 Å². The van der Waals surface area contributed by atoms with Crippen LogP contribution < -0.4 is 0 Å². The van der Waals surface area contributed by atoms with E-state index in [9.17, 15) is 4.55 Å². The summed E-state index contributed by atoms with van der Waals surface area (Å²) in [6, 6.07) is 0. The first-order valence-electron chi connectivity index (χ1n) is 18.2. The van der Waals surface area contributed by atoms with E-state index in [1.165, 1.54) is 200 Å². The highest BCUT2D eigenvalue weighted by molar-refractivity contribution is 7.94. The molecule has 0 aliphatic carbocycles. The van der Waals surface area contributed by atoms with Crippen molar-refractivity contribution in [3.63, 3.8) is 0 Å². The van der Waals surface area contributed by atoms with Crippen molar-refractivity contribution in [2.75, 3.05) is 6.61 Å². The quantitative estimate of drug-likeness (QED) is 0.0540. The fourth-order valence-corrected chi connectivity index (χ4v) is 5.93. The van der Waals surface area contributed by atoms with E-state index in [1.807, 2.05) is 0 Å². The first-order valence-corrected chi connectivity index (χ1v) is 19.0. The molecule has 0 aliphatic heterocycles. The molecule has 0 aliphatic rings. The highest BCUT2D eigenvalue weighted by Gasteiger charge is 2.08. The number of aliphatic hydroxyl groups excluding tert-OH is 2. The first kappa shape index (κ1) is 42.4. The van der Waals surface area contributed by atoms with Crippen molar-refractivity contribution in [2.24, 2.45) is 0 Å². The van der Waals surface area contributed by atoms with Crippen molar-refractivity contribution in [2.45, 2.75) is 225 Å². The topological polar surface area (TPSA) is 60.7 Å². The standard InChI is InChI=1S/C33H68OS.C3H8O2/c1-3-5-7-9-11-13-15-17-18-20-22-24-26-28-30-32-33(35-34)31-29-27-25-23-21-19-16-14-12-10-8-6-4-2;1-3(5)2-4/h33-34H,3-32H2,1-2H3;3-5H,2H2,1H3. The maximum absolute atomic E-state index is 9.65. The van der Waals surface area contributed by atoms with Gasteiger partial charge in [-0.05, 0) is 31.8 Å². The molecule has 244 valence electrons. The van der Waals surface area contributed by atoms with E-state index in [0.717, 1.165) is 12.0 Å². The van der Waals surface area contributed by atoms with Crippen LogP contribution in [0, 0.1) is 0 Å². The Labute approximate surface area is 257 Å². The number of hydrogen-bond acceptors (Lipinski definition) is 4. The molecule has 40 heavy (non-hydrogen) atoms. The minimum atomic E-state index is -0.560. The monoisotopic (exact) mass is 589 g/mol. The zero-order valence-corrected chi connectivity index (χ0v) is 28.6. The van der Waals surface area contributed by atoms with Crippen molar-refractivity contribution in [1.82, 2.24) is 0 Å². The third-order valence-corrected chi connectivity index (χ3v) is 8.94. The molecule has 0 heterocycles. The summed E-state index contributed by atoms with van der Waals surface area (Å²) in [6.07, 6.45) is 41.7. The van der Waals surface area contributed by atoms with Gasteiger partial charge in [-0.25, -0.2) is 0 Å². The van der Waals surface area contributed by atoms with Gasteiger partial charge in [0.25, 0.3) is 0 Å². The van der Waals surface area contributed by atoms with Gasteiger partial charge in [0.1, 0.15) is 0 Å². The second-order valence-electron chi connectivity index (χ2n) is 12.5. The van der Waals surface area contributed by atoms with E-state index >= 15 is 0 Å². The number of aliphatic hydroxyl groups is 2. The molecule has 0 radical (unpaired) electrons. The van der Waals surface area contributed by atoms with E-state index < -0.39 is 6.10 Å². The molecule has 2 atom stereocenters. The Balaban J connectivity index is 0. The summed E-state index contributed by atoms with van der Waals surface area (Å²) in [7, 11) is 0. The lowest BCUT2D eigenvalue weighted by Crippen LogP contribution is -2.03. The highest BCUT2D eigenvalue weighted by atomic mass is 32.2. The smallest absolute Gasteiger partial charge is 0.0742 e. The van der Waals surface area contributed by atoms with Crippen LogP contribution in [0.3, 0.4) is 0 Å². The molecule has 0 aromatic rings. The third kappa shape index (κ3) is 40.4. The zero-order chi connectivity index (χ0) is 29.8. The molecule has 0 saturated carbocycles. The molecule has 0 aromatic carbocycles. The van der Waals surface area contributed by atoms with Gasteiger partial charge in [0, 0.05) is 5.25 Å². The van der Waals surface area contributed by atoms with Crippen LogP contribution >= 0.6 is 12.0 Å². The average molecular weight is 589 g/mol. The number of unbranched alkanes of at least 4 members (excludes halogenated alkanes) is 26. The maximum atomic E-state index is 9.65. The van der Waals surface area contributed by atoms with E-state index in [1.54, 1.807) is 0 Å². The van der Waals surface area contributed by atoms with Gasteiger partial charge in [-0.2, -0.15) is 0 Å². The Morgan fingerprint density at radius 2 is 0.625 bits per heavy atom. The van der Waals surface area contributed by atoms with Gasteiger partial charge in [0.05, 0.1) is 12.7 Å². The van der Waals surface area contributed by atoms with E-state index in [2.05, 4.69) is 13.8 Å². The second-order valence-corrected chi connectivity index (χ2v) is 13.4. The Morgan fingerprint density at radius 3 is 0.800 bits per heavy atom. The molecule has 0 spiro atoms. The minimum absolute atomic E-state index is 0.139. The molecule has 0 saturated heterocycles. The van der Waals surface area contributed by atoms with Gasteiger partial charge in [-0.15, -0.1) is 0 Å². The van der Waals surface area contributed by atoms with E-state index in [-0.39, 0.29) is 6.61 Å². The lowest BCUT2D eigenvalue weighted by atomic mass is 10.0. The predicted molar refractivity (Wildman–Crippen MR) is 183 cm³/mol. The molecule has 3 N–H and O–H groups in total. The van der Waals surface area contributed by atoms with Crippen molar-refractivity contribution in [1.29, 1.82) is 0 Å². The van der Waals surface area contributed by atoms with Crippen molar-refractivity contribution in [3.8, 4) is 0 Å². The molecule has 0 bridgehead atoms. The summed E-state index contributed by atoms with van der Waals surface area (Å²) >= 11 is 1.14. The fraction of sp³-hybridized carbons (Fsp3) is 1.00. The molecule has 4 heteroatoms. The maximum Gasteiger partial charge on any atom is 0.0742 e. The van der Waals surface area contributed by atoms with Crippen LogP contribution in [0.5, 0.6) is 0 Å². The summed E-state index contributed by atoms with van der Waals surface area (Å²) in [5.74, 6) is 0. The van der Waals surface area contributed by atoms with Crippen molar-refractivity contribution < 1.29 is 14.8 Å². The fourth-order valence-electron chi connectivity index (χ4n) is 5.38. The van der Waals surface area contributed by atoms with Gasteiger partial charge >= 0.3 is 0 Å². The largest absolute Gasteiger partial charge is 0.394 e. The van der Waals surface area contributed by atoms with Crippen LogP contribution in [0.15, 0.2) is 0 Å². The third-order valence-electron chi connectivity index (χ3n) is 8.17. The normalized spacial score (nSPS) is 12.8. The van der Waals surface area contributed by atoms with Crippen LogP contribution in [-0.4, -0.2) is 32.7 Å². The van der Waals surface area contributed by atoms with Gasteiger partial charge in [-0.1, -0.05) is 194 Å². The summed E-state index contributed by atoms with van der Waals surface area (Å²) in [4.78, 5) is 0. The lowest BCUT2D eigenvalue weighted by molar-refractivity contribution is 0.110. The number of rotatable bonds is 32. The minimum Gasteiger partial charge on any atom is -0.394 e. The van der Waals surface area contributed by atoms with Crippen LogP contribution in [0.4, 0.5) is 0 Å². The molecule has 2 unspecified atom stereocenters. The Hall–Kier alpha value is 0.230. The van der Waals surface area contributed by atoms with Crippen molar-refractivity contribution in [3.05, 3.63) is 0 Å². The molecule has 0 aromatic heterocycles. The van der Waals surface area contributed by atoms with Gasteiger partial charge in [-0.3, -0.25) is 0 Å². The summed E-state index contributed by atoms with van der Waals surface area (Å²) in [5.41, 5.74) is 0. The summed E-state index contributed by atoms with van der Waals surface area (Å²) in [6.45, 7) is 5.98. The van der Waals surface area contributed by atoms with Crippen LogP contribution in [0.1, 0.15) is 213 Å². The second kappa shape index (κ2) is 39.2.